The highest BCUT2D eigenvalue weighted by molar-refractivity contribution is 6.30. The van der Waals surface area contributed by atoms with Crippen molar-refractivity contribution in [1.82, 2.24) is 14.7 Å². The van der Waals surface area contributed by atoms with Crippen LogP contribution in [0.4, 0.5) is 10.5 Å². The van der Waals surface area contributed by atoms with E-state index < -0.39 is 0 Å². The number of carbonyl (C=O) groups excluding carboxylic acids is 3. The van der Waals surface area contributed by atoms with Gasteiger partial charge < -0.3 is 20.0 Å². The lowest BCUT2D eigenvalue weighted by Gasteiger charge is -2.34. The molecule has 2 heterocycles. The van der Waals surface area contributed by atoms with E-state index >= 15 is 0 Å². The number of halogens is 1. The van der Waals surface area contributed by atoms with Crippen LogP contribution in [0.5, 0.6) is 0 Å². The van der Waals surface area contributed by atoms with Crippen LogP contribution in [-0.2, 0) is 9.59 Å². The number of amides is 4. The van der Waals surface area contributed by atoms with Crippen LogP contribution >= 0.6 is 11.6 Å². The number of carbonyl (C=O) groups is 3. The summed E-state index contributed by atoms with van der Waals surface area (Å²) in [4.78, 5) is 43.4. The molecule has 3 aliphatic rings. The highest BCUT2D eigenvalue weighted by Crippen LogP contribution is 2.32. The molecule has 30 heavy (non-hydrogen) atoms. The molecule has 2 saturated heterocycles. The van der Waals surface area contributed by atoms with Gasteiger partial charge in [-0.2, -0.15) is 0 Å². The molecule has 3 fully saturated rings. The van der Waals surface area contributed by atoms with Gasteiger partial charge in [-0.3, -0.25) is 9.59 Å². The van der Waals surface area contributed by atoms with E-state index in [1.54, 1.807) is 29.2 Å². The van der Waals surface area contributed by atoms with E-state index in [4.69, 9.17) is 11.6 Å². The van der Waals surface area contributed by atoms with Crippen molar-refractivity contribution in [2.24, 2.45) is 11.8 Å². The number of urea groups is 1. The van der Waals surface area contributed by atoms with Crippen LogP contribution < -0.4 is 5.32 Å². The molecular formula is C22H29ClN4O3. The Kier molecular flexibility index (Phi) is 6.46. The second-order valence-electron chi connectivity index (χ2n) is 8.48. The molecule has 0 bridgehead atoms. The molecule has 162 valence electrons. The number of hydrogen-bond donors (Lipinski definition) is 1. The van der Waals surface area contributed by atoms with Crippen molar-refractivity contribution < 1.29 is 14.4 Å². The molecule has 4 amide bonds. The molecule has 4 rings (SSSR count). The Morgan fingerprint density at radius 3 is 2.07 bits per heavy atom. The summed E-state index contributed by atoms with van der Waals surface area (Å²) in [5, 5.41) is 3.45. The first-order chi connectivity index (χ1) is 14.5. The Morgan fingerprint density at radius 1 is 0.800 bits per heavy atom. The van der Waals surface area contributed by atoms with Gasteiger partial charge in [-0.15, -0.1) is 0 Å². The average molecular weight is 433 g/mol. The molecule has 1 aromatic carbocycles. The predicted octanol–water partition coefficient (Wildman–Crippen LogP) is 3.05. The van der Waals surface area contributed by atoms with Crippen molar-refractivity contribution in [2.45, 2.75) is 32.1 Å². The van der Waals surface area contributed by atoms with Crippen LogP contribution in [0.1, 0.15) is 32.1 Å². The number of anilines is 1. The van der Waals surface area contributed by atoms with E-state index in [0.29, 0.717) is 50.0 Å². The van der Waals surface area contributed by atoms with E-state index in [1.165, 1.54) is 0 Å². The summed E-state index contributed by atoms with van der Waals surface area (Å²) >= 11 is 5.98. The number of nitrogens with one attached hydrogen (secondary N) is 1. The molecule has 1 aliphatic carbocycles. The minimum atomic E-state index is -0.168. The maximum absolute atomic E-state index is 13.0. The lowest BCUT2D eigenvalue weighted by atomic mass is 9.95. The largest absolute Gasteiger partial charge is 0.342 e. The highest BCUT2D eigenvalue weighted by atomic mass is 35.5. The third kappa shape index (κ3) is 5.06. The topological polar surface area (TPSA) is 73.0 Å². The normalized spacial score (nSPS) is 20.6. The van der Waals surface area contributed by atoms with Crippen molar-refractivity contribution in [3.63, 3.8) is 0 Å². The molecule has 0 atom stereocenters. The molecule has 1 saturated carbocycles. The maximum Gasteiger partial charge on any atom is 0.321 e. The number of likely N-dealkylation sites (tertiary alicyclic amines) is 1. The molecule has 1 aromatic rings. The highest BCUT2D eigenvalue weighted by Gasteiger charge is 2.37. The van der Waals surface area contributed by atoms with E-state index in [1.807, 2.05) is 9.80 Å². The van der Waals surface area contributed by atoms with Crippen molar-refractivity contribution in [3.05, 3.63) is 29.3 Å². The summed E-state index contributed by atoms with van der Waals surface area (Å²) in [5.41, 5.74) is 0.664. The Bertz CT molecular complexity index is 805. The van der Waals surface area contributed by atoms with Crippen LogP contribution in [0.3, 0.4) is 0 Å². The predicted molar refractivity (Wildman–Crippen MR) is 115 cm³/mol. The summed E-state index contributed by atoms with van der Waals surface area (Å²) in [6.07, 6.45) is 4.28. The average Bonchev–Trinajstić information content (AvgIpc) is 3.59. The van der Waals surface area contributed by atoms with Gasteiger partial charge >= 0.3 is 6.03 Å². The first kappa shape index (κ1) is 21.0. The molecule has 0 radical (unpaired) electrons. The third-order valence-corrected chi connectivity index (χ3v) is 6.49. The molecule has 8 heteroatoms. The fourth-order valence-corrected chi connectivity index (χ4v) is 4.49. The first-order valence-electron chi connectivity index (χ1n) is 10.9. The van der Waals surface area contributed by atoms with Crippen molar-refractivity contribution in [1.29, 1.82) is 0 Å². The lowest BCUT2D eigenvalue weighted by Crippen LogP contribution is -2.46. The number of benzene rings is 1. The van der Waals surface area contributed by atoms with Crippen LogP contribution in [0.25, 0.3) is 0 Å². The van der Waals surface area contributed by atoms with Crippen LogP contribution in [0.15, 0.2) is 24.3 Å². The summed E-state index contributed by atoms with van der Waals surface area (Å²) in [7, 11) is 0. The number of rotatable bonds is 3. The fraction of sp³-hybridized carbons (Fsp3) is 0.591. The van der Waals surface area contributed by atoms with Gasteiger partial charge in [-0.05, 0) is 50.3 Å². The standard InChI is InChI=1S/C22H29ClN4O3/c23-18-3-1-4-19(15-18)24-22(30)27-10-2-9-25(13-14-27)21(29)17-7-11-26(12-8-17)20(28)16-5-6-16/h1,3-4,15-17H,2,5-14H2,(H,24,30). The minimum absolute atomic E-state index is 0.0138. The van der Waals surface area contributed by atoms with Crippen LogP contribution in [0, 0.1) is 11.8 Å². The van der Waals surface area contributed by atoms with Gasteiger partial charge in [0.15, 0.2) is 0 Å². The Labute approximate surface area is 182 Å². The second kappa shape index (κ2) is 9.25. The van der Waals surface area contributed by atoms with Gasteiger partial charge in [0.1, 0.15) is 0 Å². The Balaban J connectivity index is 1.26. The van der Waals surface area contributed by atoms with Crippen molar-refractivity contribution in [2.75, 3.05) is 44.6 Å². The zero-order valence-electron chi connectivity index (χ0n) is 17.2. The number of piperidine rings is 1. The SMILES string of the molecule is O=C(Nc1cccc(Cl)c1)N1CCCN(C(=O)C2CCN(C(=O)C3CC3)CC2)CC1. The van der Waals surface area contributed by atoms with E-state index in [-0.39, 0.29) is 29.7 Å². The van der Waals surface area contributed by atoms with Crippen molar-refractivity contribution >= 4 is 35.1 Å². The molecule has 7 nitrogen and oxygen atoms in total. The quantitative estimate of drug-likeness (QED) is 0.797. The lowest BCUT2D eigenvalue weighted by molar-refractivity contribution is -0.141. The smallest absolute Gasteiger partial charge is 0.321 e. The van der Waals surface area contributed by atoms with Gasteiger partial charge in [0, 0.05) is 61.8 Å². The van der Waals surface area contributed by atoms with Gasteiger partial charge in [0.25, 0.3) is 0 Å². The van der Waals surface area contributed by atoms with Gasteiger partial charge in [-0.1, -0.05) is 17.7 Å². The molecule has 2 aliphatic heterocycles. The van der Waals surface area contributed by atoms with Crippen LogP contribution in [-0.4, -0.2) is 71.8 Å². The van der Waals surface area contributed by atoms with Gasteiger partial charge in [0.2, 0.25) is 11.8 Å². The summed E-state index contributed by atoms with van der Waals surface area (Å²) < 4.78 is 0. The zero-order valence-corrected chi connectivity index (χ0v) is 17.9. The van der Waals surface area contributed by atoms with Gasteiger partial charge in [0.05, 0.1) is 0 Å². The summed E-state index contributed by atoms with van der Waals surface area (Å²) in [5.74, 6) is 0.676. The zero-order chi connectivity index (χ0) is 21.1. The van der Waals surface area contributed by atoms with E-state index in [2.05, 4.69) is 5.32 Å². The first-order valence-corrected chi connectivity index (χ1v) is 11.3. The minimum Gasteiger partial charge on any atom is -0.342 e. The molecule has 0 spiro atoms. The second-order valence-corrected chi connectivity index (χ2v) is 8.92. The van der Waals surface area contributed by atoms with E-state index in [9.17, 15) is 14.4 Å². The van der Waals surface area contributed by atoms with E-state index in [0.717, 1.165) is 32.1 Å². The monoisotopic (exact) mass is 432 g/mol. The summed E-state index contributed by atoms with van der Waals surface area (Å²) in [6.45, 7) is 3.72. The van der Waals surface area contributed by atoms with Gasteiger partial charge in [-0.25, -0.2) is 4.79 Å². The molecule has 0 aromatic heterocycles. The Morgan fingerprint density at radius 2 is 1.40 bits per heavy atom. The van der Waals surface area contributed by atoms with Crippen molar-refractivity contribution in [3.8, 4) is 0 Å². The summed E-state index contributed by atoms with van der Waals surface area (Å²) in [6, 6.07) is 6.91. The maximum atomic E-state index is 13.0. The van der Waals surface area contributed by atoms with Crippen LogP contribution in [0.2, 0.25) is 5.02 Å². The third-order valence-electron chi connectivity index (χ3n) is 6.25. The fourth-order valence-electron chi connectivity index (χ4n) is 4.30. The molecular weight excluding hydrogens is 404 g/mol. The number of nitrogens with zero attached hydrogens (tertiary/aromatic N) is 3. The number of hydrogen-bond acceptors (Lipinski definition) is 3. The Hall–Kier alpha value is -2.28. The molecule has 0 unspecified atom stereocenters. The molecule has 1 N–H and O–H groups in total.